The van der Waals surface area contributed by atoms with Gasteiger partial charge < -0.3 is 4.42 Å². The SMILES string of the molecule is Clc1nc(-c2cccc(-c3ccc4cc(-c5ccc6ccccc6c5)ccc4c3)c2)nc(-c2ccc3c(c2)oc2ccc(C4CCCCC4)cc23)n1. The number of rotatable bonds is 5. The lowest BCUT2D eigenvalue weighted by Gasteiger charge is -2.21. The molecule has 2 heterocycles. The summed E-state index contributed by atoms with van der Waals surface area (Å²) in [7, 11) is 0. The van der Waals surface area contributed by atoms with Crippen LogP contribution in [0.2, 0.25) is 5.28 Å². The standard InChI is InChI=1S/C47H34ClN3O/c48-47-50-45(49-46(51-47)40-19-21-41-42-27-38(29-7-2-1-3-8-29)20-22-43(42)52-44(41)28-40)39-12-6-11-32(26-39)33-15-16-37-25-36(18-17-35(37)24-33)34-14-13-30-9-4-5-10-31(30)23-34/h4-6,9-29H,1-3,7-8H2. The molecule has 0 aliphatic heterocycles. The van der Waals surface area contributed by atoms with E-state index in [0.29, 0.717) is 17.6 Å². The fourth-order valence-electron chi connectivity index (χ4n) is 8.04. The third-order valence-corrected chi connectivity index (χ3v) is 11.0. The van der Waals surface area contributed by atoms with Crippen LogP contribution in [0, 0.1) is 0 Å². The van der Waals surface area contributed by atoms with Crippen molar-refractivity contribution in [2.75, 3.05) is 0 Å². The third-order valence-electron chi connectivity index (χ3n) is 10.8. The maximum atomic E-state index is 6.55. The van der Waals surface area contributed by atoms with Gasteiger partial charge in [0, 0.05) is 21.9 Å². The molecule has 0 unspecified atom stereocenters. The normalized spacial score (nSPS) is 13.8. The number of aromatic nitrogens is 3. The van der Waals surface area contributed by atoms with Gasteiger partial charge in [-0.05, 0) is 128 Å². The molecule has 0 spiro atoms. The Labute approximate surface area is 306 Å². The number of halogens is 1. The summed E-state index contributed by atoms with van der Waals surface area (Å²) in [5, 5.41) is 7.30. The van der Waals surface area contributed by atoms with E-state index in [0.717, 1.165) is 44.2 Å². The highest BCUT2D eigenvalue weighted by Crippen LogP contribution is 2.38. The van der Waals surface area contributed by atoms with E-state index in [9.17, 15) is 0 Å². The van der Waals surface area contributed by atoms with Crippen LogP contribution >= 0.6 is 11.6 Å². The number of nitrogens with zero attached hydrogens (tertiary/aromatic N) is 3. The molecule has 1 aliphatic carbocycles. The van der Waals surface area contributed by atoms with Crippen molar-refractivity contribution in [1.29, 1.82) is 0 Å². The number of hydrogen-bond donors (Lipinski definition) is 0. The fourth-order valence-corrected chi connectivity index (χ4v) is 8.20. The summed E-state index contributed by atoms with van der Waals surface area (Å²) in [5.41, 5.74) is 9.46. The van der Waals surface area contributed by atoms with Crippen LogP contribution in [0.1, 0.15) is 43.6 Å². The summed E-state index contributed by atoms with van der Waals surface area (Å²) in [5.74, 6) is 1.68. The molecule has 0 radical (unpaired) electrons. The summed E-state index contributed by atoms with van der Waals surface area (Å²) >= 11 is 6.55. The molecule has 0 atom stereocenters. The Morgan fingerprint density at radius 2 is 1.04 bits per heavy atom. The topological polar surface area (TPSA) is 51.8 Å². The molecule has 0 saturated heterocycles. The lowest BCUT2D eigenvalue weighted by Crippen LogP contribution is -2.03. The highest BCUT2D eigenvalue weighted by Gasteiger charge is 2.18. The first kappa shape index (κ1) is 30.9. The number of hydrogen-bond acceptors (Lipinski definition) is 4. The van der Waals surface area contributed by atoms with E-state index in [2.05, 4.69) is 131 Å². The molecule has 10 rings (SSSR count). The van der Waals surface area contributed by atoms with Gasteiger partial charge in [-0.3, -0.25) is 0 Å². The highest BCUT2D eigenvalue weighted by atomic mass is 35.5. The van der Waals surface area contributed by atoms with Crippen molar-refractivity contribution in [3.63, 3.8) is 0 Å². The van der Waals surface area contributed by atoms with Gasteiger partial charge in [-0.1, -0.05) is 110 Å². The van der Waals surface area contributed by atoms with Crippen LogP contribution in [0.3, 0.4) is 0 Å². The maximum Gasteiger partial charge on any atom is 0.226 e. The molecule has 2 aromatic heterocycles. The van der Waals surface area contributed by atoms with E-state index in [-0.39, 0.29) is 5.28 Å². The van der Waals surface area contributed by atoms with Crippen LogP contribution in [0.4, 0.5) is 0 Å². The second-order valence-electron chi connectivity index (χ2n) is 14.1. The molecular formula is C47H34ClN3O. The minimum absolute atomic E-state index is 0.153. The van der Waals surface area contributed by atoms with Crippen molar-refractivity contribution >= 4 is 55.1 Å². The van der Waals surface area contributed by atoms with Gasteiger partial charge in [0.25, 0.3) is 0 Å². The second-order valence-corrected chi connectivity index (χ2v) is 14.4. The molecule has 4 nitrogen and oxygen atoms in total. The summed E-state index contributed by atoms with van der Waals surface area (Å²) < 4.78 is 6.34. The molecule has 0 amide bonds. The van der Waals surface area contributed by atoms with Crippen LogP contribution in [-0.4, -0.2) is 15.0 Å². The second kappa shape index (κ2) is 12.7. The monoisotopic (exact) mass is 691 g/mol. The Hall–Kier alpha value is -5.84. The molecule has 1 aliphatic rings. The number of furan rings is 1. The Kier molecular flexibility index (Phi) is 7.58. The van der Waals surface area contributed by atoms with E-state index >= 15 is 0 Å². The minimum atomic E-state index is 0.153. The highest BCUT2D eigenvalue weighted by molar-refractivity contribution is 6.28. The van der Waals surface area contributed by atoms with Gasteiger partial charge >= 0.3 is 0 Å². The predicted octanol–water partition coefficient (Wildman–Crippen LogP) is 13.4. The molecule has 0 bridgehead atoms. The summed E-state index contributed by atoms with van der Waals surface area (Å²) in [6, 6.07) is 49.6. The van der Waals surface area contributed by atoms with Gasteiger partial charge in [0.1, 0.15) is 11.2 Å². The van der Waals surface area contributed by atoms with Crippen molar-refractivity contribution in [2.24, 2.45) is 0 Å². The third kappa shape index (κ3) is 5.70. The van der Waals surface area contributed by atoms with Gasteiger partial charge in [0.15, 0.2) is 11.6 Å². The molecule has 52 heavy (non-hydrogen) atoms. The van der Waals surface area contributed by atoms with Crippen molar-refractivity contribution in [3.8, 4) is 45.0 Å². The Bertz CT molecular complexity index is 2810. The Balaban J connectivity index is 0.950. The van der Waals surface area contributed by atoms with Crippen LogP contribution in [0.25, 0.3) is 88.5 Å². The Morgan fingerprint density at radius 3 is 1.77 bits per heavy atom. The van der Waals surface area contributed by atoms with Gasteiger partial charge in [-0.15, -0.1) is 0 Å². The first-order valence-electron chi connectivity index (χ1n) is 18.1. The van der Waals surface area contributed by atoms with E-state index < -0.39 is 0 Å². The van der Waals surface area contributed by atoms with E-state index in [1.54, 1.807) is 0 Å². The van der Waals surface area contributed by atoms with Crippen LogP contribution < -0.4 is 0 Å². The first-order chi connectivity index (χ1) is 25.6. The molecule has 1 fully saturated rings. The van der Waals surface area contributed by atoms with Crippen LogP contribution in [-0.2, 0) is 0 Å². The van der Waals surface area contributed by atoms with Crippen LogP contribution in [0.5, 0.6) is 0 Å². The van der Waals surface area contributed by atoms with Gasteiger partial charge in [0.05, 0.1) is 0 Å². The van der Waals surface area contributed by atoms with Gasteiger partial charge in [0.2, 0.25) is 5.28 Å². The van der Waals surface area contributed by atoms with Crippen molar-refractivity contribution < 1.29 is 4.42 Å². The molecule has 9 aromatic rings. The van der Waals surface area contributed by atoms with Crippen molar-refractivity contribution in [3.05, 3.63) is 150 Å². The predicted molar refractivity (Wildman–Crippen MR) is 215 cm³/mol. The maximum absolute atomic E-state index is 6.55. The lowest BCUT2D eigenvalue weighted by atomic mass is 9.84. The average Bonchev–Trinajstić information content (AvgIpc) is 3.57. The zero-order chi connectivity index (χ0) is 34.6. The van der Waals surface area contributed by atoms with E-state index in [1.165, 1.54) is 70.3 Å². The largest absolute Gasteiger partial charge is 0.456 e. The summed E-state index contributed by atoms with van der Waals surface area (Å²) in [4.78, 5) is 14.0. The molecule has 250 valence electrons. The van der Waals surface area contributed by atoms with E-state index in [1.807, 2.05) is 18.2 Å². The molecule has 5 heteroatoms. The van der Waals surface area contributed by atoms with Crippen LogP contribution in [0.15, 0.2) is 144 Å². The smallest absolute Gasteiger partial charge is 0.226 e. The summed E-state index contributed by atoms with van der Waals surface area (Å²) in [6.45, 7) is 0. The average molecular weight is 692 g/mol. The minimum Gasteiger partial charge on any atom is -0.456 e. The molecule has 1 saturated carbocycles. The lowest BCUT2D eigenvalue weighted by molar-refractivity contribution is 0.444. The number of benzene rings is 7. The molecule has 7 aromatic carbocycles. The quantitative estimate of drug-likeness (QED) is 0.180. The van der Waals surface area contributed by atoms with Gasteiger partial charge in [-0.25, -0.2) is 4.98 Å². The summed E-state index contributed by atoms with van der Waals surface area (Å²) in [6.07, 6.45) is 6.53. The first-order valence-corrected chi connectivity index (χ1v) is 18.5. The zero-order valence-electron chi connectivity index (χ0n) is 28.5. The fraction of sp³-hybridized carbons (Fsp3) is 0.128. The Morgan fingerprint density at radius 1 is 0.442 bits per heavy atom. The van der Waals surface area contributed by atoms with E-state index in [4.69, 9.17) is 21.0 Å². The van der Waals surface area contributed by atoms with Crippen molar-refractivity contribution in [1.82, 2.24) is 15.0 Å². The van der Waals surface area contributed by atoms with Crippen molar-refractivity contribution in [2.45, 2.75) is 38.0 Å². The van der Waals surface area contributed by atoms with Gasteiger partial charge in [-0.2, -0.15) is 9.97 Å². The number of fused-ring (bicyclic) bond motifs is 5. The molecule has 0 N–H and O–H groups in total. The molecular weight excluding hydrogens is 658 g/mol. The zero-order valence-corrected chi connectivity index (χ0v) is 29.3.